The lowest BCUT2D eigenvalue weighted by Crippen LogP contribution is -2.45. The smallest absolute Gasteiger partial charge is 0.228 e. The fourth-order valence-electron chi connectivity index (χ4n) is 3.18. The Labute approximate surface area is 123 Å². The number of nitrogens with zero attached hydrogens (tertiary/aromatic N) is 1. The van der Waals surface area contributed by atoms with E-state index < -0.39 is 6.10 Å². The predicted octanol–water partition coefficient (Wildman–Crippen LogP) is 2.37. The molecule has 4 nitrogen and oxygen atoms in total. The van der Waals surface area contributed by atoms with Gasteiger partial charge in [0, 0.05) is 18.1 Å². The highest BCUT2D eigenvalue weighted by Crippen LogP contribution is 2.35. The van der Waals surface area contributed by atoms with Crippen molar-refractivity contribution in [2.45, 2.75) is 38.3 Å². The van der Waals surface area contributed by atoms with E-state index in [2.05, 4.69) is 0 Å². The van der Waals surface area contributed by atoms with Crippen LogP contribution in [0, 0.1) is 12.8 Å². The molecule has 0 radical (unpaired) electrons. The zero-order valence-electron chi connectivity index (χ0n) is 11.7. The maximum absolute atomic E-state index is 12.7. The molecule has 1 aromatic heterocycles. The summed E-state index contributed by atoms with van der Waals surface area (Å²) >= 11 is 1.86. The van der Waals surface area contributed by atoms with Crippen molar-refractivity contribution in [1.82, 2.24) is 4.90 Å². The zero-order valence-corrected chi connectivity index (χ0v) is 12.6. The highest BCUT2D eigenvalue weighted by molar-refractivity contribution is 7.99. The minimum atomic E-state index is -0.462. The van der Waals surface area contributed by atoms with Gasteiger partial charge in [0.2, 0.25) is 5.91 Å². The van der Waals surface area contributed by atoms with Gasteiger partial charge in [-0.1, -0.05) is 0 Å². The van der Waals surface area contributed by atoms with Crippen LogP contribution >= 0.6 is 11.8 Å². The van der Waals surface area contributed by atoms with Crippen LogP contribution in [-0.4, -0.2) is 40.1 Å². The standard InChI is InChI=1S/C15H21NO3S/c1-10-5-6-14(19-10)12-9-20-8-7-16(12)15(18)11-3-2-4-13(11)17/h5-6,11-13,17H,2-4,7-9H2,1H3. The molecule has 0 bridgehead atoms. The van der Waals surface area contributed by atoms with E-state index in [4.69, 9.17) is 4.42 Å². The van der Waals surface area contributed by atoms with E-state index in [9.17, 15) is 9.90 Å². The summed E-state index contributed by atoms with van der Waals surface area (Å²) in [6.07, 6.45) is 2.05. The van der Waals surface area contributed by atoms with E-state index in [1.807, 2.05) is 35.7 Å². The first kappa shape index (κ1) is 14.0. The van der Waals surface area contributed by atoms with Crippen molar-refractivity contribution >= 4 is 17.7 Å². The highest BCUT2D eigenvalue weighted by Gasteiger charge is 2.39. The van der Waals surface area contributed by atoms with E-state index in [0.717, 1.165) is 48.8 Å². The van der Waals surface area contributed by atoms with Gasteiger partial charge in [-0.15, -0.1) is 0 Å². The Morgan fingerprint density at radius 2 is 2.30 bits per heavy atom. The lowest BCUT2D eigenvalue weighted by Gasteiger charge is -2.36. The van der Waals surface area contributed by atoms with Crippen molar-refractivity contribution in [3.63, 3.8) is 0 Å². The Morgan fingerprint density at radius 3 is 2.95 bits per heavy atom. The van der Waals surface area contributed by atoms with Crippen LogP contribution < -0.4 is 0 Å². The zero-order chi connectivity index (χ0) is 14.1. The van der Waals surface area contributed by atoms with E-state index in [-0.39, 0.29) is 17.9 Å². The van der Waals surface area contributed by atoms with Crippen molar-refractivity contribution in [2.75, 3.05) is 18.1 Å². The minimum Gasteiger partial charge on any atom is -0.464 e. The fourth-order valence-corrected chi connectivity index (χ4v) is 4.24. The predicted molar refractivity (Wildman–Crippen MR) is 78.6 cm³/mol. The van der Waals surface area contributed by atoms with Crippen molar-refractivity contribution in [2.24, 2.45) is 5.92 Å². The minimum absolute atomic E-state index is 0.0164. The van der Waals surface area contributed by atoms with E-state index in [0.29, 0.717) is 0 Å². The van der Waals surface area contributed by atoms with E-state index in [1.54, 1.807) is 0 Å². The van der Waals surface area contributed by atoms with Crippen LogP contribution in [0.5, 0.6) is 0 Å². The average molecular weight is 295 g/mol. The molecule has 0 spiro atoms. The van der Waals surface area contributed by atoms with Gasteiger partial charge in [0.25, 0.3) is 0 Å². The number of aliphatic hydroxyl groups is 1. The molecule has 2 aliphatic rings. The number of rotatable bonds is 2. The van der Waals surface area contributed by atoms with Gasteiger partial charge in [0.1, 0.15) is 11.5 Å². The molecule has 2 heterocycles. The lowest BCUT2D eigenvalue weighted by molar-refractivity contribution is -0.140. The number of furan rings is 1. The summed E-state index contributed by atoms with van der Waals surface area (Å²) in [7, 11) is 0. The molecule has 1 aliphatic carbocycles. The van der Waals surface area contributed by atoms with Gasteiger partial charge in [-0.3, -0.25) is 4.79 Å². The van der Waals surface area contributed by atoms with Gasteiger partial charge < -0.3 is 14.4 Å². The summed E-state index contributed by atoms with van der Waals surface area (Å²) in [5.74, 6) is 3.48. The maximum Gasteiger partial charge on any atom is 0.228 e. The van der Waals surface area contributed by atoms with E-state index >= 15 is 0 Å². The Morgan fingerprint density at radius 1 is 1.45 bits per heavy atom. The van der Waals surface area contributed by atoms with Crippen LogP contribution in [0.15, 0.2) is 16.5 Å². The highest BCUT2D eigenvalue weighted by atomic mass is 32.2. The van der Waals surface area contributed by atoms with Crippen molar-refractivity contribution in [3.05, 3.63) is 23.7 Å². The molecule has 2 fully saturated rings. The van der Waals surface area contributed by atoms with Gasteiger partial charge in [0.05, 0.1) is 18.1 Å². The summed E-state index contributed by atoms with van der Waals surface area (Å²) in [5, 5.41) is 9.97. The Bertz CT molecular complexity index is 487. The molecule has 1 aliphatic heterocycles. The number of thioether (sulfide) groups is 1. The first-order chi connectivity index (χ1) is 9.66. The largest absolute Gasteiger partial charge is 0.464 e. The Hall–Kier alpha value is -0.940. The molecule has 1 amide bonds. The molecule has 0 aromatic carbocycles. The second-order valence-corrected chi connectivity index (χ2v) is 6.83. The molecule has 5 heteroatoms. The molecule has 1 saturated carbocycles. The van der Waals surface area contributed by atoms with Crippen molar-refractivity contribution in [3.8, 4) is 0 Å². The quantitative estimate of drug-likeness (QED) is 0.910. The Kier molecular flexibility index (Phi) is 4.08. The topological polar surface area (TPSA) is 53.7 Å². The van der Waals surface area contributed by atoms with Crippen LogP contribution in [0.4, 0.5) is 0 Å². The van der Waals surface area contributed by atoms with Crippen molar-refractivity contribution < 1.29 is 14.3 Å². The SMILES string of the molecule is Cc1ccc(C2CSCCN2C(=O)C2CCCC2O)o1. The molecule has 3 rings (SSSR count). The van der Waals surface area contributed by atoms with Gasteiger partial charge in [0.15, 0.2) is 0 Å². The molecule has 1 N–H and O–H groups in total. The van der Waals surface area contributed by atoms with Crippen LogP contribution in [0.1, 0.15) is 36.8 Å². The molecule has 1 saturated heterocycles. The third-order valence-electron chi connectivity index (χ3n) is 4.30. The molecule has 110 valence electrons. The maximum atomic E-state index is 12.7. The van der Waals surface area contributed by atoms with Crippen LogP contribution in [0.2, 0.25) is 0 Å². The average Bonchev–Trinajstić information content (AvgIpc) is 3.07. The number of aliphatic hydroxyl groups excluding tert-OH is 1. The fraction of sp³-hybridized carbons (Fsp3) is 0.667. The number of hydrogen-bond donors (Lipinski definition) is 1. The molecular formula is C15H21NO3S. The number of hydrogen-bond acceptors (Lipinski definition) is 4. The summed E-state index contributed by atoms with van der Waals surface area (Å²) < 4.78 is 5.72. The Balaban J connectivity index is 1.80. The monoisotopic (exact) mass is 295 g/mol. The lowest BCUT2D eigenvalue weighted by atomic mass is 10.0. The first-order valence-electron chi connectivity index (χ1n) is 7.29. The number of carbonyl (C=O) groups is 1. The van der Waals surface area contributed by atoms with Crippen LogP contribution in [-0.2, 0) is 4.79 Å². The summed E-state index contributed by atoms with van der Waals surface area (Å²) in [5.41, 5.74) is 0. The third-order valence-corrected chi connectivity index (χ3v) is 5.32. The third kappa shape index (κ3) is 2.61. The van der Waals surface area contributed by atoms with Gasteiger partial charge in [-0.25, -0.2) is 0 Å². The van der Waals surface area contributed by atoms with Gasteiger partial charge >= 0.3 is 0 Å². The molecular weight excluding hydrogens is 274 g/mol. The summed E-state index contributed by atoms with van der Waals surface area (Å²) in [6, 6.07) is 3.93. The number of aryl methyl sites for hydroxylation is 1. The van der Waals surface area contributed by atoms with Crippen LogP contribution in [0.25, 0.3) is 0 Å². The van der Waals surface area contributed by atoms with Gasteiger partial charge in [-0.05, 0) is 38.3 Å². The number of amides is 1. The summed E-state index contributed by atoms with van der Waals surface area (Å²) in [6.45, 7) is 2.67. The normalized spacial score (nSPS) is 30.7. The molecule has 1 aromatic rings. The van der Waals surface area contributed by atoms with Crippen molar-refractivity contribution in [1.29, 1.82) is 0 Å². The second kappa shape index (κ2) is 5.82. The first-order valence-corrected chi connectivity index (χ1v) is 8.45. The number of carbonyl (C=O) groups excluding carboxylic acids is 1. The summed E-state index contributed by atoms with van der Waals surface area (Å²) in [4.78, 5) is 14.6. The van der Waals surface area contributed by atoms with E-state index in [1.165, 1.54) is 0 Å². The second-order valence-electron chi connectivity index (χ2n) is 5.68. The van der Waals surface area contributed by atoms with Gasteiger partial charge in [-0.2, -0.15) is 11.8 Å². The molecule has 3 unspecified atom stereocenters. The molecule has 3 atom stereocenters. The molecule has 20 heavy (non-hydrogen) atoms. The van der Waals surface area contributed by atoms with Crippen LogP contribution in [0.3, 0.4) is 0 Å².